The summed E-state index contributed by atoms with van der Waals surface area (Å²) in [6.07, 6.45) is 1.26. The van der Waals surface area contributed by atoms with Crippen LogP contribution in [0.3, 0.4) is 0 Å². The van der Waals surface area contributed by atoms with Crippen molar-refractivity contribution in [3.8, 4) is 0 Å². The highest BCUT2D eigenvalue weighted by Crippen LogP contribution is 2.29. The molecule has 1 N–H and O–H groups in total. The Morgan fingerprint density at radius 3 is 2.59 bits per heavy atom. The van der Waals surface area contributed by atoms with Gasteiger partial charge >= 0.3 is 5.97 Å². The molecular weight excluding hydrogens is 351 g/mol. The quantitative estimate of drug-likeness (QED) is 0.665. The van der Waals surface area contributed by atoms with Gasteiger partial charge in [-0.15, -0.1) is 0 Å². The molecular formula is C14H9Cl3N2O3. The first-order valence-electron chi connectivity index (χ1n) is 6.00. The zero-order valence-electron chi connectivity index (χ0n) is 11.0. The van der Waals surface area contributed by atoms with Crippen molar-refractivity contribution in [2.75, 3.05) is 11.9 Å². The molecule has 2 aromatic rings. The van der Waals surface area contributed by atoms with E-state index in [1.54, 1.807) is 18.2 Å². The average Bonchev–Trinajstić information content (AvgIpc) is 2.50. The zero-order chi connectivity index (χ0) is 16.1. The molecule has 0 unspecified atom stereocenters. The molecule has 5 nitrogen and oxygen atoms in total. The molecule has 0 bridgehead atoms. The van der Waals surface area contributed by atoms with E-state index < -0.39 is 18.5 Å². The van der Waals surface area contributed by atoms with Gasteiger partial charge in [-0.05, 0) is 24.3 Å². The lowest BCUT2D eigenvalue weighted by molar-refractivity contribution is -0.119. The highest BCUT2D eigenvalue weighted by Gasteiger charge is 2.12. The summed E-state index contributed by atoms with van der Waals surface area (Å²) >= 11 is 17.4. The fourth-order valence-corrected chi connectivity index (χ4v) is 1.96. The van der Waals surface area contributed by atoms with E-state index in [0.717, 1.165) is 0 Å². The highest BCUT2D eigenvalue weighted by atomic mass is 35.5. The van der Waals surface area contributed by atoms with E-state index in [1.807, 2.05) is 0 Å². The van der Waals surface area contributed by atoms with Crippen LogP contribution in [0.1, 0.15) is 10.4 Å². The third-order valence-corrected chi connectivity index (χ3v) is 3.57. The summed E-state index contributed by atoms with van der Waals surface area (Å²) in [5.74, 6) is -1.23. The van der Waals surface area contributed by atoms with Crippen LogP contribution >= 0.6 is 34.8 Å². The Balaban J connectivity index is 1.91. The summed E-state index contributed by atoms with van der Waals surface area (Å²) in [6.45, 7) is -0.468. The van der Waals surface area contributed by atoms with Crippen LogP contribution in [0.25, 0.3) is 0 Å². The molecule has 1 aromatic heterocycles. The van der Waals surface area contributed by atoms with Gasteiger partial charge in [0.25, 0.3) is 5.91 Å². The second-order valence-electron chi connectivity index (χ2n) is 4.10. The number of benzene rings is 1. The van der Waals surface area contributed by atoms with Crippen LogP contribution in [-0.4, -0.2) is 23.5 Å². The Morgan fingerprint density at radius 2 is 1.91 bits per heavy atom. The second-order valence-corrected chi connectivity index (χ2v) is 5.27. The maximum atomic E-state index is 11.7. The number of halogens is 3. The number of pyridine rings is 1. The number of anilines is 1. The lowest BCUT2D eigenvalue weighted by Gasteiger charge is -2.08. The Hall–Kier alpha value is -1.82. The predicted molar refractivity (Wildman–Crippen MR) is 84.6 cm³/mol. The van der Waals surface area contributed by atoms with E-state index in [9.17, 15) is 9.59 Å². The van der Waals surface area contributed by atoms with Crippen molar-refractivity contribution >= 4 is 52.4 Å². The molecule has 0 fully saturated rings. The smallest absolute Gasteiger partial charge is 0.340 e. The van der Waals surface area contributed by atoms with Gasteiger partial charge in [0, 0.05) is 6.20 Å². The molecule has 0 saturated heterocycles. The number of aromatic nitrogens is 1. The van der Waals surface area contributed by atoms with Crippen molar-refractivity contribution in [1.29, 1.82) is 0 Å². The maximum Gasteiger partial charge on any atom is 0.340 e. The summed E-state index contributed by atoms with van der Waals surface area (Å²) < 4.78 is 4.86. The second kappa shape index (κ2) is 7.45. The molecule has 0 aliphatic carbocycles. The van der Waals surface area contributed by atoms with Gasteiger partial charge in [-0.2, -0.15) is 0 Å². The molecule has 1 heterocycles. The van der Waals surface area contributed by atoms with Gasteiger partial charge in [-0.3, -0.25) is 4.79 Å². The lowest BCUT2D eigenvalue weighted by atomic mass is 10.3. The third kappa shape index (κ3) is 4.34. The first kappa shape index (κ1) is 16.5. The van der Waals surface area contributed by atoms with Crippen molar-refractivity contribution in [3.63, 3.8) is 0 Å². The van der Waals surface area contributed by atoms with Crippen molar-refractivity contribution in [2.45, 2.75) is 0 Å². The topological polar surface area (TPSA) is 68.3 Å². The van der Waals surface area contributed by atoms with Crippen LogP contribution in [0.2, 0.25) is 15.2 Å². The van der Waals surface area contributed by atoms with E-state index in [4.69, 9.17) is 39.5 Å². The first-order chi connectivity index (χ1) is 10.5. The number of esters is 1. The molecule has 0 aliphatic rings. The van der Waals surface area contributed by atoms with E-state index >= 15 is 0 Å². The fourth-order valence-electron chi connectivity index (χ4n) is 1.50. The molecule has 0 radical (unpaired) electrons. The minimum absolute atomic E-state index is 0.193. The number of nitrogens with zero attached hydrogens (tertiary/aromatic N) is 1. The molecule has 1 aromatic carbocycles. The number of hydrogen-bond acceptors (Lipinski definition) is 4. The maximum absolute atomic E-state index is 11.7. The Bertz CT molecular complexity index is 705. The molecule has 0 saturated carbocycles. The van der Waals surface area contributed by atoms with Crippen LogP contribution in [0, 0.1) is 0 Å². The number of carbonyl (C=O) groups excluding carboxylic acids is 2. The van der Waals surface area contributed by atoms with E-state index in [2.05, 4.69) is 10.3 Å². The summed E-state index contributed by atoms with van der Waals surface area (Å²) in [5.41, 5.74) is 0.529. The van der Waals surface area contributed by atoms with E-state index in [0.29, 0.717) is 10.7 Å². The molecule has 22 heavy (non-hydrogen) atoms. The SMILES string of the molecule is O=C(COC(=O)c1ccc(Cl)nc1)Nc1cccc(Cl)c1Cl. The van der Waals surface area contributed by atoms with Gasteiger partial charge in [0.15, 0.2) is 6.61 Å². The molecule has 0 spiro atoms. The number of nitrogens with one attached hydrogen (secondary N) is 1. The molecule has 8 heteroatoms. The van der Waals surface area contributed by atoms with Crippen LogP contribution in [0.5, 0.6) is 0 Å². The standard InChI is InChI=1S/C14H9Cl3N2O3/c15-9-2-1-3-10(13(9)17)19-12(20)7-22-14(21)8-4-5-11(16)18-6-8/h1-6H,7H2,(H,19,20). The van der Waals surface area contributed by atoms with Gasteiger partial charge < -0.3 is 10.1 Å². The molecule has 0 aliphatic heterocycles. The van der Waals surface area contributed by atoms with Crippen molar-refractivity contribution in [1.82, 2.24) is 4.98 Å². The van der Waals surface area contributed by atoms with Gasteiger partial charge in [0.05, 0.1) is 21.3 Å². The summed E-state index contributed by atoms with van der Waals surface area (Å²) in [6, 6.07) is 7.70. The summed E-state index contributed by atoms with van der Waals surface area (Å²) in [4.78, 5) is 27.2. The monoisotopic (exact) mass is 358 g/mol. The molecule has 114 valence electrons. The van der Waals surface area contributed by atoms with Gasteiger partial charge in [-0.25, -0.2) is 9.78 Å². The fraction of sp³-hybridized carbons (Fsp3) is 0.0714. The van der Waals surface area contributed by atoms with Crippen molar-refractivity contribution in [2.24, 2.45) is 0 Å². The van der Waals surface area contributed by atoms with E-state index in [-0.39, 0.29) is 15.7 Å². The minimum atomic E-state index is -0.684. The number of hydrogen-bond donors (Lipinski definition) is 1. The Kier molecular flexibility index (Phi) is 5.60. The average molecular weight is 360 g/mol. The Labute approximate surface area is 141 Å². The number of ether oxygens (including phenoxy) is 1. The van der Waals surface area contributed by atoms with Crippen LogP contribution < -0.4 is 5.32 Å². The first-order valence-corrected chi connectivity index (χ1v) is 7.13. The molecule has 1 amide bonds. The van der Waals surface area contributed by atoms with Gasteiger partial charge in [0.1, 0.15) is 5.15 Å². The summed E-state index contributed by atoms with van der Waals surface area (Å²) in [7, 11) is 0. The largest absolute Gasteiger partial charge is 0.452 e. The van der Waals surface area contributed by atoms with Crippen molar-refractivity contribution in [3.05, 3.63) is 57.3 Å². The van der Waals surface area contributed by atoms with Gasteiger partial charge in [-0.1, -0.05) is 40.9 Å². The minimum Gasteiger partial charge on any atom is -0.452 e. The number of rotatable bonds is 4. The van der Waals surface area contributed by atoms with E-state index in [1.165, 1.54) is 18.3 Å². The lowest BCUT2D eigenvalue weighted by Crippen LogP contribution is -2.21. The van der Waals surface area contributed by atoms with Crippen LogP contribution in [-0.2, 0) is 9.53 Å². The number of amides is 1. The predicted octanol–water partition coefficient (Wildman–Crippen LogP) is 3.84. The summed E-state index contributed by atoms with van der Waals surface area (Å²) in [5, 5.41) is 3.27. The van der Waals surface area contributed by atoms with Gasteiger partial charge in [0.2, 0.25) is 0 Å². The molecule has 0 atom stereocenters. The van der Waals surface area contributed by atoms with Crippen LogP contribution in [0.15, 0.2) is 36.5 Å². The number of carbonyl (C=O) groups is 2. The highest BCUT2D eigenvalue weighted by molar-refractivity contribution is 6.44. The van der Waals surface area contributed by atoms with Crippen LogP contribution in [0.4, 0.5) is 5.69 Å². The molecule has 2 rings (SSSR count). The van der Waals surface area contributed by atoms with Crippen molar-refractivity contribution < 1.29 is 14.3 Å². The zero-order valence-corrected chi connectivity index (χ0v) is 13.2. The normalized spacial score (nSPS) is 10.1. The third-order valence-electron chi connectivity index (χ3n) is 2.52. The Morgan fingerprint density at radius 1 is 1.14 bits per heavy atom.